The van der Waals surface area contributed by atoms with Crippen molar-refractivity contribution in [2.45, 2.75) is 43.7 Å². The van der Waals surface area contributed by atoms with Crippen LogP contribution < -0.4 is 14.8 Å². The monoisotopic (exact) mass is 458 g/mol. The summed E-state index contributed by atoms with van der Waals surface area (Å²) in [5, 5.41) is 15.1. The lowest BCUT2D eigenvalue weighted by molar-refractivity contribution is -0.135. The average Bonchev–Trinajstić information content (AvgIpc) is 2.80. The molecule has 1 aliphatic heterocycles. The van der Waals surface area contributed by atoms with Gasteiger partial charge in [-0.1, -0.05) is 24.4 Å². The van der Waals surface area contributed by atoms with Crippen LogP contribution >= 0.6 is 11.6 Å². The van der Waals surface area contributed by atoms with E-state index in [0.717, 1.165) is 42.7 Å². The second-order valence-corrected chi connectivity index (χ2v) is 9.22. The number of carbonyl (C=O) groups is 1. The van der Waals surface area contributed by atoms with Gasteiger partial charge < -0.3 is 19.9 Å². The molecule has 32 heavy (non-hydrogen) atoms. The molecule has 3 atom stereocenters. The lowest BCUT2D eigenvalue weighted by Crippen LogP contribution is -2.56. The van der Waals surface area contributed by atoms with Crippen molar-refractivity contribution in [3.8, 4) is 11.5 Å². The molecule has 1 saturated carbocycles. The number of hydrogen-bond donors (Lipinski definition) is 2. The topological polar surface area (TPSA) is 71.0 Å². The number of nitrogens with zero attached hydrogens (tertiary/aromatic N) is 1. The van der Waals surface area contributed by atoms with Crippen molar-refractivity contribution in [1.29, 1.82) is 0 Å². The molecule has 2 aliphatic rings. The Morgan fingerprint density at radius 1 is 1.16 bits per heavy atom. The minimum absolute atomic E-state index is 0.0225. The molecular weight excluding hydrogens is 428 g/mol. The van der Waals surface area contributed by atoms with Crippen LogP contribution in [0.15, 0.2) is 42.5 Å². The lowest BCUT2D eigenvalue weighted by Gasteiger charge is -2.52. The normalized spacial score (nSPS) is 25.6. The molecule has 0 aromatic heterocycles. The van der Waals surface area contributed by atoms with Crippen LogP contribution in [0.3, 0.4) is 0 Å². The molecule has 7 heteroatoms. The second-order valence-electron chi connectivity index (χ2n) is 8.78. The van der Waals surface area contributed by atoms with Gasteiger partial charge in [-0.05, 0) is 61.7 Å². The number of methoxy groups -OCH3 is 2. The summed E-state index contributed by atoms with van der Waals surface area (Å²) in [4.78, 5) is 15.1. The third-order valence-electron chi connectivity index (χ3n) is 6.90. The number of aliphatic hydroxyl groups is 1. The van der Waals surface area contributed by atoms with Gasteiger partial charge in [-0.25, -0.2) is 0 Å². The Balaban J connectivity index is 1.64. The summed E-state index contributed by atoms with van der Waals surface area (Å²) < 4.78 is 11.2. The Kier molecular flexibility index (Phi) is 6.93. The van der Waals surface area contributed by atoms with Gasteiger partial charge in [0.25, 0.3) is 0 Å². The van der Waals surface area contributed by atoms with Crippen LogP contribution in [0.5, 0.6) is 11.5 Å². The summed E-state index contributed by atoms with van der Waals surface area (Å²) in [5.74, 6) is 1.40. The highest BCUT2D eigenvalue weighted by Gasteiger charge is 2.50. The summed E-state index contributed by atoms with van der Waals surface area (Å²) in [6.07, 6.45) is 4.48. The predicted molar refractivity (Wildman–Crippen MR) is 125 cm³/mol. The van der Waals surface area contributed by atoms with E-state index < -0.39 is 5.60 Å². The van der Waals surface area contributed by atoms with Gasteiger partial charge in [-0.2, -0.15) is 0 Å². The number of fused-ring (bicyclic) bond motifs is 1. The fraction of sp³-hybridized carbons (Fsp3) is 0.480. The number of likely N-dealkylation sites (tertiary alicyclic amines) is 1. The smallest absolute Gasteiger partial charge is 0.238 e. The van der Waals surface area contributed by atoms with Gasteiger partial charge >= 0.3 is 0 Å². The van der Waals surface area contributed by atoms with Crippen molar-refractivity contribution in [3.63, 3.8) is 0 Å². The Morgan fingerprint density at radius 3 is 2.66 bits per heavy atom. The van der Waals surface area contributed by atoms with Gasteiger partial charge in [0.15, 0.2) is 0 Å². The molecule has 2 N–H and O–H groups in total. The molecule has 0 radical (unpaired) electrons. The SMILES string of the molecule is COc1ccc(OC)c([C@@H]2[C@H]3CCCC[C@]3(O)CCN2CC(=O)Nc2ccc(Cl)cc2)c1. The lowest BCUT2D eigenvalue weighted by atomic mass is 9.66. The van der Waals surface area contributed by atoms with E-state index in [2.05, 4.69) is 10.2 Å². The van der Waals surface area contributed by atoms with Crippen molar-refractivity contribution < 1.29 is 19.4 Å². The zero-order valence-corrected chi connectivity index (χ0v) is 19.4. The van der Waals surface area contributed by atoms with E-state index in [1.165, 1.54) is 0 Å². The number of halogens is 1. The van der Waals surface area contributed by atoms with Crippen LogP contribution in [0.1, 0.15) is 43.7 Å². The number of nitrogens with one attached hydrogen (secondary N) is 1. The van der Waals surface area contributed by atoms with Crippen LogP contribution in [-0.2, 0) is 4.79 Å². The Bertz CT molecular complexity index is 951. The standard InChI is InChI=1S/C25H31ClN2O4/c1-31-19-10-11-22(32-2)20(15-19)24-21-5-3-4-12-25(21,30)13-14-28(24)16-23(29)27-18-8-6-17(26)7-9-18/h6-11,15,21,24,30H,3-5,12-14,16H2,1-2H3,(H,27,29)/t21-,24-,25+/m1/s1. The molecule has 4 rings (SSSR count). The number of ether oxygens (including phenoxy) is 2. The van der Waals surface area contributed by atoms with Crippen LogP contribution in [0, 0.1) is 5.92 Å². The van der Waals surface area contributed by atoms with Crippen molar-refractivity contribution in [2.75, 3.05) is 32.6 Å². The molecular formula is C25H31ClN2O4. The number of carbonyl (C=O) groups excluding carboxylic acids is 1. The van der Waals surface area contributed by atoms with Crippen molar-refractivity contribution in [3.05, 3.63) is 53.1 Å². The summed E-state index contributed by atoms with van der Waals surface area (Å²) in [7, 11) is 3.29. The fourth-order valence-corrected chi connectivity index (χ4v) is 5.45. The first-order valence-corrected chi connectivity index (χ1v) is 11.5. The third-order valence-corrected chi connectivity index (χ3v) is 7.15. The van der Waals surface area contributed by atoms with E-state index in [0.29, 0.717) is 23.7 Å². The van der Waals surface area contributed by atoms with Crippen molar-refractivity contribution in [2.24, 2.45) is 5.92 Å². The summed E-state index contributed by atoms with van der Waals surface area (Å²) in [6.45, 7) is 0.853. The molecule has 2 aromatic carbocycles. The molecule has 0 spiro atoms. The minimum Gasteiger partial charge on any atom is -0.497 e. The molecule has 6 nitrogen and oxygen atoms in total. The fourth-order valence-electron chi connectivity index (χ4n) is 5.32. The van der Waals surface area contributed by atoms with Crippen molar-refractivity contribution in [1.82, 2.24) is 4.90 Å². The Morgan fingerprint density at radius 2 is 1.94 bits per heavy atom. The third kappa shape index (κ3) is 4.72. The molecule has 1 aliphatic carbocycles. The molecule has 1 heterocycles. The summed E-state index contributed by atoms with van der Waals surface area (Å²) in [6, 6.07) is 12.7. The molecule has 172 valence electrons. The van der Waals surface area contributed by atoms with Crippen LogP contribution in [0.4, 0.5) is 5.69 Å². The van der Waals surface area contributed by atoms with E-state index in [9.17, 15) is 9.90 Å². The van der Waals surface area contributed by atoms with Gasteiger partial charge in [0.1, 0.15) is 11.5 Å². The first-order chi connectivity index (χ1) is 15.4. The average molecular weight is 459 g/mol. The molecule has 1 amide bonds. The maximum Gasteiger partial charge on any atom is 0.238 e. The number of amides is 1. The number of rotatable bonds is 6. The molecule has 1 saturated heterocycles. The highest BCUT2D eigenvalue weighted by atomic mass is 35.5. The largest absolute Gasteiger partial charge is 0.497 e. The number of piperidine rings is 1. The predicted octanol–water partition coefficient (Wildman–Crippen LogP) is 4.66. The Labute approximate surface area is 194 Å². The van der Waals surface area contributed by atoms with E-state index in [1.807, 2.05) is 18.2 Å². The zero-order valence-electron chi connectivity index (χ0n) is 18.6. The number of hydrogen-bond acceptors (Lipinski definition) is 5. The summed E-state index contributed by atoms with van der Waals surface area (Å²) >= 11 is 5.96. The molecule has 2 fully saturated rings. The molecule has 0 unspecified atom stereocenters. The van der Waals surface area contributed by atoms with E-state index in [1.54, 1.807) is 38.5 Å². The first-order valence-electron chi connectivity index (χ1n) is 11.2. The van der Waals surface area contributed by atoms with Crippen LogP contribution in [-0.4, -0.2) is 48.8 Å². The van der Waals surface area contributed by atoms with Crippen LogP contribution in [0.2, 0.25) is 5.02 Å². The molecule has 0 bridgehead atoms. The van der Waals surface area contributed by atoms with E-state index in [-0.39, 0.29) is 24.4 Å². The maximum atomic E-state index is 13.0. The van der Waals surface area contributed by atoms with Crippen LogP contribution in [0.25, 0.3) is 0 Å². The van der Waals surface area contributed by atoms with Gasteiger partial charge in [-0.15, -0.1) is 0 Å². The zero-order chi connectivity index (χ0) is 22.7. The highest BCUT2D eigenvalue weighted by molar-refractivity contribution is 6.30. The van der Waals surface area contributed by atoms with E-state index >= 15 is 0 Å². The van der Waals surface area contributed by atoms with Gasteiger partial charge in [0, 0.05) is 34.8 Å². The quantitative estimate of drug-likeness (QED) is 0.658. The Hall–Kier alpha value is -2.28. The van der Waals surface area contributed by atoms with Crippen molar-refractivity contribution >= 4 is 23.2 Å². The van der Waals surface area contributed by atoms with Gasteiger partial charge in [0.2, 0.25) is 5.91 Å². The van der Waals surface area contributed by atoms with Gasteiger partial charge in [0.05, 0.1) is 26.4 Å². The van der Waals surface area contributed by atoms with Gasteiger partial charge in [-0.3, -0.25) is 9.69 Å². The maximum absolute atomic E-state index is 13.0. The summed E-state index contributed by atoms with van der Waals surface area (Å²) in [5.41, 5.74) is 0.942. The number of benzene rings is 2. The second kappa shape index (κ2) is 9.69. The molecule has 2 aromatic rings. The first kappa shape index (κ1) is 22.9. The minimum atomic E-state index is -0.722. The highest BCUT2D eigenvalue weighted by Crippen LogP contribution is 2.51. The number of anilines is 1. The van der Waals surface area contributed by atoms with E-state index in [4.69, 9.17) is 21.1 Å².